The maximum atomic E-state index is 10.9. The number of aliphatic hydroxyl groups is 1. The van der Waals surface area contributed by atoms with Gasteiger partial charge in [0.15, 0.2) is 0 Å². The van der Waals surface area contributed by atoms with Gasteiger partial charge in [-0.15, -0.1) is 0 Å². The summed E-state index contributed by atoms with van der Waals surface area (Å²) in [5.74, 6) is 1.07. The zero-order chi connectivity index (χ0) is 15.6. The predicted octanol–water partition coefficient (Wildman–Crippen LogP) is 3.56. The van der Waals surface area contributed by atoms with E-state index in [4.69, 9.17) is 4.74 Å². The van der Waals surface area contributed by atoms with E-state index in [1.807, 2.05) is 6.92 Å². The minimum atomic E-state index is -1.53. The molecule has 1 aliphatic rings. The van der Waals surface area contributed by atoms with E-state index in [9.17, 15) is 5.11 Å². The van der Waals surface area contributed by atoms with Crippen LogP contribution in [0.1, 0.15) is 49.3 Å². The fraction of sp³-hybridized carbons (Fsp3) is 0.706. The van der Waals surface area contributed by atoms with Gasteiger partial charge in [-0.1, -0.05) is 38.9 Å². The number of aromatic nitrogens is 1. The first-order chi connectivity index (χ1) is 9.84. The second kappa shape index (κ2) is 6.49. The zero-order valence-electron chi connectivity index (χ0n) is 14.1. The lowest BCUT2D eigenvalue weighted by Crippen LogP contribution is -2.41. The molecular formula is C17H29NO2Si. The highest BCUT2D eigenvalue weighted by atomic mass is 28.3. The molecule has 1 fully saturated rings. The highest BCUT2D eigenvalue weighted by molar-refractivity contribution is 6.88. The summed E-state index contributed by atoms with van der Waals surface area (Å²) in [7, 11) is 0.134. The van der Waals surface area contributed by atoms with Gasteiger partial charge in [0.25, 0.3) is 0 Å². The molecule has 0 saturated heterocycles. The third-order valence-corrected chi connectivity index (χ3v) is 6.44. The number of nitrogens with zero attached hydrogens (tertiary/aromatic N) is 1. The molecule has 0 aromatic carbocycles. The van der Waals surface area contributed by atoms with Crippen molar-refractivity contribution in [3.05, 3.63) is 17.2 Å². The van der Waals surface area contributed by atoms with E-state index < -0.39 is 8.07 Å². The summed E-state index contributed by atoms with van der Waals surface area (Å²) >= 11 is 0. The average Bonchev–Trinajstić information content (AvgIpc) is 2.46. The highest BCUT2D eigenvalue weighted by Crippen LogP contribution is 2.36. The molecule has 4 heteroatoms. The number of pyridine rings is 1. The van der Waals surface area contributed by atoms with Gasteiger partial charge in [0.05, 0.1) is 13.2 Å². The Morgan fingerprint density at radius 3 is 2.38 bits per heavy atom. The maximum Gasteiger partial charge on any atom is 0.216 e. The fourth-order valence-corrected chi connectivity index (χ4v) is 4.22. The topological polar surface area (TPSA) is 42.4 Å². The van der Waals surface area contributed by atoms with Crippen LogP contribution in [0.3, 0.4) is 0 Å². The highest BCUT2D eigenvalue weighted by Gasteiger charge is 2.28. The summed E-state index contributed by atoms with van der Waals surface area (Å²) in [5.41, 5.74) is 2.03. The van der Waals surface area contributed by atoms with Crippen LogP contribution >= 0.6 is 0 Å². The van der Waals surface area contributed by atoms with Gasteiger partial charge in [0, 0.05) is 10.9 Å². The second-order valence-electron chi connectivity index (χ2n) is 7.32. The molecule has 0 aliphatic heterocycles. The van der Waals surface area contributed by atoms with E-state index in [1.54, 1.807) is 7.11 Å². The predicted molar refractivity (Wildman–Crippen MR) is 90.0 cm³/mol. The number of methoxy groups -OCH3 is 1. The molecule has 1 unspecified atom stereocenters. The molecule has 1 atom stereocenters. The van der Waals surface area contributed by atoms with Crippen molar-refractivity contribution < 1.29 is 9.84 Å². The molecule has 1 heterocycles. The summed E-state index contributed by atoms with van der Waals surface area (Å²) in [5, 5.41) is 12.0. The lowest BCUT2D eigenvalue weighted by Gasteiger charge is -2.29. The van der Waals surface area contributed by atoms with Crippen LogP contribution in [0.2, 0.25) is 19.6 Å². The smallest absolute Gasteiger partial charge is 0.216 e. The number of rotatable bonds is 4. The molecule has 0 spiro atoms. The molecule has 118 valence electrons. The summed E-state index contributed by atoms with van der Waals surface area (Å²) in [6.07, 6.45) is 5.67. The van der Waals surface area contributed by atoms with Crippen LogP contribution in [0.25, 0.3) is 0 Å². The van der Waals surface area contributed by atoms with Crippen molar-refractivity contribution in [3.8, 4) is 5.88 Å². The largest absolute Gasteiger partial charge is 0.481 e. The Balaban J connectivity index is 2.40. The zero-order valence-corrected chi connectivity index (χ0v) is 15.1. The van der Waals surface area contributed by atoms with E-state index in [2.05, 4.69) is 30.7 Å². The molecule has 1 saturated carbocycles. The number of aliphatic hydroxyl groups excluding tert-OH is 1. The van der Waals surface area contributed by atoms with Crippen LogP contribution in [0.15, 0.2) is 6.07 Å². The van der Waals surface area contributed by atoms with Crippen molar-refractivity contribution in [2.45, 2.75) is 64.8 Å². The van der Waals surface area contributed by atoms with Crippen molar-refractivity contribution in [2.24, 2.45) is 5.92 Å². The third-order valence-electron chi connectivity index (χ3n) is 4.64. The van der Waals surface area contributed by atoms with Gasteiger partial charge in [0.2, 0.25) is 5.88 Å². The van der Waals surface area contributed by atoms with Crippen LogP contribution in [0.4, 0.5) is 0 Å². The first-order valence-electron chi connectivity index (χ1n) is 8.08. The van der Waals surface area contributed by atoms with Gasteiger partial charge in [0.1, 0.15) is 8.07 Å². The van der Waals surface area contributed by atoms with Gasteiger partial charge in [-0.25, -0.2) is 4.98 Å². The molecule has 21 heavy (non-hydrogen) atoms. The summed E-state index contributed by atoms with van der Waals surface area (Å²) in [4.78, 5) is 4.68. The van der Waals surface area contributed by atoms with Crippen molar-refractivity contribution in [1.82, 2.24) is 4.98 Å². The van der Waals surface area contributed by atoms with Crippen molar-refractivity contribution in [3.63, 3.8) is 0 Å². The minimum absolute atomic E-state index is 0.378. The Hall–Kier alpha value is -0.873. The molecule has 1 aromatic rings. The molecule has 3 nitrogen and oxygen atoms in total. The molecular weight excluding hydrogens is 278 g/mol. The van der Waals surface area contributed by atoms with Gasteiger partial charge in [-0.3, -0.25) is 0 Å². The molecule has 1 N–H and O–H groups in total. The number of hydrogen-bond acceptors (Lipinski definition) is 3. The Morgan fingerprint density at radius 2 is 1.86 bits per heavy atom. The van der Waals surface area contributed by atoms with Crippen molar-refractivity contribution >= 4 is 13.4 Å². The summed E-state index contributed by atoms with van der Waals surface area (Å²) < 4.78 is 5.46. The monoisotopic (exact) mass is 307 g/mol. The molecule has 1 aromatic heterocycles. The fourth-order valence-electron chi connectivity index (χ4n) is 3.20. The average molecular weight is 308 g/mol. The van der Waals surface area contributed by atoms with Crippen LogP contribution < -0.4 is 10.1 Å². The molecule has 2 rings (SSSR count). The van der Waals surface area contributed by atoms with E-state index >= 15 is 0 Å². The van der Waals surface area contributed by atoms with Crippen molar-refractivity contribution in [2.75, 3.05) is 7.11 Å². The number of hydrogen-bond donors (Lipinski definition) is 1. The molecule has 1 aliphatic carbocycles. The van der Waals surface area contributed by atoms with Gasteiger partial charge in [-0.05, 0) is 37.3 Å². The lowest BCUT2D eigenvalue weighted by atomic mass is 9.82. The Morgan fingerprint density at radius 1 is 1.24 bits per heavy atom. The first-order valence-corrected chi connectivity index (χ1v) is 11.6. The quantitative estimate of drug-likeness (QED) is 0.865. The lowest BCUT2D eigenvalue weighted by molar-refractivity contribution is 0.0840. The van der Waals surface area contributed by atoms with E-state index in [1.165, 1.54) is 19.3 Å². The summed E-state index contributed by atoms with van der Waals surface area (Å²) in [6, 6.07) is 2.14. The Bertz CT molecular complexity index is 490. The van der Waals surface area contributed by atoms with Gasteiger partial charge < -0.3 is 9.84 Å². The first kappa shape index (κ1) is 16.5. The van der Waals surface area contributed by atoms with E-state index in [0.717, 1.165) is 29.3 Å². The molecule has 0 amide bonds. The van der Waals surface area contributed by atoms with E-state index in [-0.39, 0.29) is 6.10 Å². The van der Waals surface area contributed by atoms with Crippen LogP contribution in [0, 0.1) is 12.8 Å². The SMILES string of the molecule is COc1nc([Si](C)(C)C)cc(C(O)C2CCCCC2)c1C. The standard InChI is InChI=1S/C17H29NO2Si/c1-12-14(16(19)13-9-7-6-8-10-13)11-15(21(3,4)5)18-17(12)20-2/h11,13,16,19H,6-10H2,1-5H3. The van der Waals surface area contributed by atoms with Gasteiger partial charge >= 0.3 is 0 Å². The van der Waals surface area contributed by atoms with Crippen molar-refractivity contribution in [1.29, 1.82) is 0 Å². The molecule has 0 radical (unpaired) electrons. The maximum absolute atomic E-state index is 10.9. The van der Waals surface area contributed by atoms with Gasteiger partial charge in [-0.2, -0.15) is 0 Å². The Labute approximate surface area is 129 Å². The van der Waals surface area contributed by atoms with E-state index in [0.29, 0.717) is 11.8 Å². The minimum Gasteiger partial charge on any atom is -0.481 e. The normalized spacial score (nSPS) is 18.6. The van der Waals surface area contributed by atoms with Crippen LogP contribution in [-0.2, 0) is 0 Å². The molecule has 0 bridgehead atoms. The van der Waals surface area contributed by atoms with Crippen LogP contribution in [-0.4, -0.2) is 25.3 Å². The number of ether oxygens (including phenoxy) is 1. The summed E-state index contributed by atoms with van der Waals surface area (Å²) in [6.45, 7) is 8.85. The Kier molecular flexibility index (Phi) is 5.10. The third kappa shape index (κ3) is 3.66. The second-order valence-corrected chi connectivity index (χ2v) is 12.3. The van der Waals surface area contributed by atoms with Crippen LogP contribution in [0.5, 0.6) is 5.88 Å².